The normalized spacial score (nSPS) is 15.9. The summed E-state index contributed by atoms with van der Waals surface area (Å²) in [5, 5.41) is 6.58. The summed E-state index contributed by atoms with van der Waals surface area (Å²) in [4.78, 5) is 29.1. The Labute approximate surface area is 190 Å². The number of pyridine rings is 1. The Morgan fingerprint density at radius 1 is 1.16 bits per heavy atom. The van der Waals surface area contributed by atoms with Gasteiger partial charge in [0.25, 0.3) is 0 Å². The molecule has 1 aromatic heterocycles. The number of carbonyl (C=O) groups excluding carboxylic acids is 2. The molecule has 3 aromatic rings. The number of carbonyl (C=O) groups is 2. The number of rotatable bonds is 5. The number of halogens is 1. The third kappa shape index (κ3) is 4.24. The molecule has 8 heteroatoms. The van der Waals surface area contributed by atoms with E-state index >= 15 is 0 Å². The van der Waals surface area contributed by atoms with Gasteiger partial charge in [-0.25, -0.2) is 14.6 Å². The van der Waals surface area contributed by atoms with Crippen LogP contribution in [0.25, 0.3) is 10.9 Å². The first-order chi connectivity index (χ1) is 15.4. The smallest absolute Gasteiger partial charge is 0.338 e. The molecule has 2 amide bonds. The molecule has 1 aliphatic heterocycles. The number of aromatic nitrogens is 1. The number of benzene rings is 2. The SMILES string of the molecule is CCOC(=O)C1=C(C)NC(=O)NC1c1cccc(Oc2cc(Cl)nc3c(C)cccc23)c1. The summed E-state index contributed by atoms with van der Waals surface area (Å²) in [7, 11) is 0. The molecule has 32 heavy (non-hydrogen) atoms. The van der Waals surface area contributed by atoms with E-state index in [-0.39, 0.29) is 6.61 Å². The number of fused-ring (bicyclic) bond motifs is 1. The van der Waals surface area contributed by atoms with Crippen LogP contribution >= 0.6 is 11.6 Å². The van der Waals surface area contributed by atoms with Crippen molar-refractivity contribution in [3.63, 3.8) is 0 Å². The molecular weight excluding hydrogens is 430 g/mol. The van der Waals surface area contributed by atoms with Crippen molar-refractivity contribution in [1.82, 2.24) is 15.6 Å². The second kappa shape index (κ2) is 8.88. The first-order valence-electron chi connectivity index (χ1n) is 10.2. The number of nitrogens with one attached hydrogen (secondary N) is 2. The van der Waals surface area contributed by atoms with Gasteiger partial charge in [0, 0.05) is 17.1 Å². The Hall–Kier alpha value is -3.58. The number of allylic oxidation sites excluding steroid dienone is 1. The summed E-state index contributed by atoms with van der Waals surface area (Å²) in [5.74, 6) is 0.602. The zero-order chi connectivity index (χ0) is 22.8. The van der Waals surface area contributed by atoms with Crippen LogP contribution in [0.4, 0.5) is 4.79 Å². The molecule has 0 radical (unpaired) electrons. The lowest BCUT2D eigenvalue weighted by atomic mass is 9.95. The minimum absolute atomic E-state index is 0.231. The van der Waals surface area contributed by atoms with E-state index in [9.17, 15) is 9.59 Å². The van der Waals surface area contributed by atoms with Crippen molar-refractivity contribution < 1.29 is 19.1 Å². The number of amides is 2. The third-order valence-corrected chi connectivity index (χ3v) is 5.35. The van der Waals surface area contributed by atoms with E-state index in [0.29, 0.717) is 33.5 Å². The first kappa shape index (κ1) is 21.6. The summed E-state index contributed by atoms with van der Waals surface area (Å²) < 4.78 is 11.4. The van der Waals surface area contributed by atoms with Gasteiger partial charge in [0.05, 0.1) is 23.7 Å². The topological polar surface area (TPSA) is 89.5 Å². The number of ether oxygens (including phenoxy) is 2. The Bertz CT molecular complexity index is 1260. The van der Waals surface area contributed by atoms with Gasteiger partial charge >= 0.3 is 12.0 Å². The lowest BCUT2D eigenvalue weighted by Crippen LogP contribution is -2.45. The van der Waals surface area contributed by atoms with Crippen LogP contribution in [0.3, 0.4) is 0 Å². The highest BCUT2D eigenvalue weighted by Crippen LogP contribution is 2.35. The highest BCUT2D eigenvalue weighted by Gasteiger charge is 2.32. The van der Waals surface area contributed by atoms with Crippen molar-refractivity contribution >= 4 is 34.5 Å². The number of nitrogens with zero attached hydrogens (tertiary/aromatic N) is 1. The fourth-order valence-electron chi connectivity index (χ4n) is 3.72. The van der Waals surface area contributed by atoms with Crippen molar-refractivity contribution in [2.24, 2.45) is 0 Å². The zero-order valence-corrected chi connectivity index (χ0v) is 18.6. The van der Waals surface area contributed by atoms with Crippen molar-refractivity contribution in [2.45, 2.75) is 26.8 Å². The lowest BCUT2D eigenvalue weighted by molar-refractivity contribution is -0.139. The monoisotopic (exact) mass is 451 g/mol. The maximum atomic E-state index is 12.6. The van der Waals surface area contributed by atoms with E-state index in [2.05, 4.69) is 15.6 Å². The summed E-state index contributed by atoms with van der Waals surface area (Å²) in [6, 6.07) is 13.6. The highest BCUT2D eigenvalue weighted by atomic mass is 35.5. The van der Waals surface area contributed by atoms with E-state index in [0.717, 1.165) is 16.5 Å². The molecule has 2 aromatic carbocycles. The van der Waals surface area contributed by atoms with Gasteiger partial charge in [-0.15, -0.1) is 0 Å². The van der Waals surface area contributed by atoms with E-state index in [4.69, 9.17) is 21.1 Å². The Balaban J connectivity index is 1.72. The van der Waals surface area contributed by atoms with Crippen molar-refractivity contribution in [3.05, 3.63) is 76.1 Å². The molecule has 2 N–H and O–H groups in total. The van der Waals surface area contributed by atoms with Crippen molar-refractivity contribution in [1.29, 1.82) is 0 Å². The predicted molar refractivity (Wildman–Crippen MR) is 122 cm³/mol. The van der Waals surface area contributed by atoms with Crippen LogP contribution in [0, 0.1) is 6.92 Å². The third-order valence-electron chi connectivity index (χ3n) is 5.16. The molecule has 1 unspecified atom stereocenters. The number of para-hydroxylation sites is 1. The molecule has 0 fully saturated rings. The number of aryl methyl sites for hydroxylation is 1. The second-order valence-electron chi connectivity index (χ2n) is 7.38. The number of hydrogen-bond acceptors (Lipinski definition) is 5. The standard InChI is InChI=1S/C24H22ClN3O4/c1-4-31-23(29)20-14(3)26-24(30)28-22(20)15-8-6-9-16(11-15)32-18-12-19(25)27-21-13(2)7-5-10-17(18)21/h5-12,22H,4H2,1-3H3,(H2,26,28,30). The van der Waals surface area contributed by atoms with Crippen LogP contribution in [0.2, 0.25) is 5.15 Å². The number of urea groups is 1. The van der Waals surface area contributed by atoms with E-state index in [1.807, 2.05) is 31.2 Å². The zero-order valence-electron chi connectivity index (χ0n) is 17.9. The molecule has 1 aliphatic rings. The van der Waals surface area contributed by atoms with Gasteiger partial charge in [-0.3, -0.25) is 0 Å². The summed E-state index contributed by atoms with van der Waals surface area (Å²) in [6.45, 7) is 5.60. The average Bonchev–Trinajstić information content (AvgIpc) is 2.74. The van der Waals surface area contributed by atoms with E-state index in [1.165, 1.54) is 0 Å². The van der Waals surface area contributed by atoms with Crippen LogP contribution in [0.15, 0.2) is 59.8 Å². The highest BCUT2D eigenvalue weighted by molar-refractivity contribution is 6.30. The molecular formula is C24H22ClN3O4. The summed E-state index contributed by atoms with van der Waals surface area (Å²) in [5.41, 5.74) is 3.23. The minimum Gasteiger partial charge on any atom is -0.463 e. The maximum absolute atomic E-state index is 12.6. The minimum atomic E-state index is -0.675. The first-order valence-corrected chi connectivity index (χ1v) is 10.5. The fraction of sp³-hybridized carbons (Fsp3) is 0.208. The summed E-state index contributed by atoms with van der Waals surface area (Å²) >= 11 is 6.23. The molecule has 0 aliphatic carbocycles. The molecule has 0 saturated carbocycles. The fourth-order valence-corrected chi connectivity index (χ4v) is 3.91. The van der Waals surface area contributed by atoms with E-state index < -0.39 is 18.0 Å². The molecule has 0 spiro atoms. The maximum Gasteiger partial charge on any atom is 0.338 e. The largest absolute Gasteiger partial charge is 0.463 e. The van der Waals surface area contributed by atoms with Crippen LogP contribution in [0.1, 0.15) is 31.0 Å². The van der Waals surface area contributed by atoms with Gasteiger partial charge in [0.1, 0.15) is 16.7 Å². The van der Waals surface area contributed by atoms with Crippen molar-refractivity contribution in [3.8, 4) is 11.5 Å². The van der Waals surface area contributed by atoms with Crippen LogP contribution in [-0.4, -0.2) is 23.6 Å². The average molecular weight is 452 g/mol. The van der Waals surface area contributed by atoms with Crippen LogP contribution in [0.5, 0.6) is 11.5 Å². The van der Waals surface area contributed by atoms with Crippen LogP contribution < -0.4 is 15.4 Å². The quantitative estimate of drug-likeness (QED) is 0.412. The Morgan fingerprint density at radius 3 is 2.72 bits per heavy atom. The molecule has 164 valence electrons. The molecule has 2 heterocycles. The molecule has 0 bridgehead atoms. The summed E-state index contributed by atoms with van der Waals surface area (Å²) in [6.07, 6.45) is 0. The predicted octanol–water partition coefficient (Wildman–Crippen LogP) is 5.18. The van der Waals surface area contributed by atoms with Gasteiger partial charge in [0.15, 0.2) is 0 Å². The van der Waals surface area contributed by atoms with Gasteiger partial charge in [-0.2, -0.15) is 0 Å². The molecule has 4 rings (SSSR count). The van der Waals surface area contributed by atoms with Crippen LogP contribution in [-0.2, 0) is 9.53 Å². The number of hydrogen-bond donors (Lipinski definition) is 2. The second-order valence-corrected chi connectivity index (χ2v) is 7.77. The molecule has 0 saturated heterocycles. The van der Waals surface area contributed by atoms with Gasteiger partial charge in [-0.05, 0) is 50.1 Å². The lowest BCUT2D eigenvalue weighted by Gasteiger charge is -2.28. The number of esters is 1. The van der Waals surface area contributed by atoms with Gasteiger partial charge in [0.2, 0.25) is 0 Å². The Kier molecular flexibility index (Phi) is 6.01. The Morgan fingerprint density at radius 2 is 1.94 bits per heavy atom. The van der Waals surface area contributed by atoms with Gasteiger partial charge in [-0.1, -0.05) is 35.9 Å². The van der Waals surface area contributed by atoms with Gasteiger partial charge < -0.3 is 20.1 Å². The van der Waals surface area contributed by atoms with E-state index in [1.54, 1.807) is 38.1 Å². The molecule has 7 nitrogen and oxygen atoms in total. The van der Waals surface area contributed by atoms with Crippen molar-refractivity contribution in [2.75, 3.05) is 6.61 Å². The molecule has 1 atom stereocenters.